The highest BCUT2D eigenvalue weighted by atomic mass is 32.2. The Morgan fingerprint density at radius 1 is 1.45 bits per heavy atom. The fourth-order valence-electron chi connectivity index (χ4n) is 1.84. The summed E-state index contributed by atoms with van der Waals surface area (Å²) in [7, 11) is 1.63. The first-order valence-corrected chi connectivity index (χ1v) is 8.16. The zero-order valence-corrected chi connectivity index (χ0v) is 13.2. The third-order valence-corrected chi connectivity index (χ3v) is 3.52. The van der Waals surface area contributed by atoms with E-state index in [1.807, 2.05) is 31.2 Å². The Balaban J connectivity index is 2.68. The molecule has 1 aromatic rings. The van der Waals surface area contributed by atoms with Crippen LogP contribution in [0.1, 0.15) is 19.8 Å². The summed E-state index contributed by atoms with van der Waals surface area (Å²) in [6.07, 6.45) is 3.80. The van der Waals surface area contributed by atoms with Gasteiger partial charge in [-0.15, -0.1) is 0 Å². The van der Waals surface area contributed by atoms with Gasteiger partial charge in [-0.2, -0.15) is 11.8 Å². The second-order valence-electron chi connectivity index (χ2n) is 4.32. The molecule has 0 saturated heterocycles. The van der Waals surface area contributed by atoms with Crippen LogP contribution in [-0.2, 0) is 9.53 Å². The van der Waals surface area contributed by atoms with Gasteiger partial charge in [-0.25, -0.2) is 4.79 Å². The fourth-order valence-corrected chi connectivity index (χ4v) is 2.29. The van der Waals surface area contributed by atoms with Gasteiger partial charge in [0.2, 0.25) is 0 Å². The molecule has 0 saturated carbocycles. The zero-order valence-electron chi connectivity index (χ0n) is 12.3. The van der Waals surface area contributed by atoms with Crippen LogP contribution in [0.15, 0.2) is 24.3 Å². The normalized spacial score (nSPS) is 11.8. The van der Waals surface area contributed by atoms with Crippen molar-refractivity contribution >= 4 is 23.4 Å². The van der Waals surface area contributed by atoms with Gasteiger partial charge in [0.15, 0.2) is 0 Å². The average Bonchev–Trinajstić information content (AvgIpc) is 2.47. The maximum atomic E-state index is 12.0. The van der Waals surface area contributed by atoms with Gasteiger partial charge in [0.1, 0.15) is 11.8 Å². The molecule has 0 aliphatic carbocycles. The van der Waals surface area contributed by atoms with Crippen LogP contribution >= 0.6 is 11.8 Å². The van der Waals surface area contributed by atoms with Crippen LogP contribution < -0.4 is 10.1 Å². The van der Waals surface area contributed by atoms with Crippen molar-refractivity contribution in [1.29, 1.82) is 0 Å². The minimum atomic E-state index is -0.311. The van der Waals surface area contributed by atoms with Gasteiger partial charge < -0.3 is 14.8 Å². The molecule has 0 fully saturated rings. The van der Waals surface area contributed by atoms with E-state index in [2.05, 4.69) is 11.6 Å². The lowest BCUT2D eigenvalue weighted by molar-refractivity contribution is -0.144. The number of nitrogens with one attached hydrogen (secondary N) is 1. The molecule has 0 aliphatic rings. The summed E-state index contributed by atoms with van der Waals surface area (Å²) in [6, 6.07) is 7.25. The number of carbonyl (C=O) groups excluding carboxylic acids is 1. The number of ether oxygens (including phenoxy) is 2. The Morgan fingerprint density at radius 2 is 2.25 bits per heavy atom. The van der Waals surface area contributed by atoms with E-state index in [1.165, 1.54) is 0 Å². The third-order valence-electron chi connectivity index (χ3n) is 2.82. The molecule has 5 heteroatoms. The van der Waals surface area contributed by atoms with Gasteiger partial charge in [-0.05, 0) is 43.9 Å². The number of esters is 1. The number of rotatable bonds is 9. The molecule has 1 unspecified atom stereocenters. The predicted octanol–water partition coefficient (Wildman–Crippen LogP) is 3.18. The monoisotopic (exact) mass is 297 g/mol. The van der Waals surface area contributed by atoms with Gasteiger partial charge in [-0.3, -0.25) is 0 Å². The van der Waals surface area contributed by atoms with Crippen LogP contribution in [0.25, 0.3) is 0 Å². The topological polar surface area (TPSA) is 47.6 Å². The number of carbonyl (C=O) groups is 1. The van der Waals surface area contributed by atoms with Gasteiger partial charge in [0.05, 0.1) is 13.7 Å². The minimum absolute atomic E-state index is 0.198. The molecule has 1 rings (SSSR count). The molecule has 0 aliphatic heterocycles. The van der Waals surface area contributed by atoms with E-state index in [1.54, 1.807) is 18.9 Å². The third kappa shape index (κ3) is 5.74. The van der Waals surface area contributed by atoms with Gasteiger partial charge in [0, 0.05) is 11.8 Å². The first kappa shape index (κ1) is 16.7. The first-order chi connectivity index (χ1) is 9.71. The highest BCUT2D eigenvalue weighted by molar-refractivity contribution is 7.98. The molecule has 112 valence electrons. The lowest BCUT2D eigenvalue weighted by atomic mass is 10.1. The van der Waals surface area contributed by atoms with Gasteiger partial charge >= 0.3 is 5.97 Å². The van der Waals surface area contributed by atoms with Crippen molar-refractivity contribution in [3.05, 3.63) is 24.3 Å². The molecule has 4 nitrogen and oxygen atoms in total. The molecule has 0 amide bonds. The second kappa shape index (κ2) is 9.53. The number of hydrogen-bond donors (Lipinski definition) is 1. The Hall–Kier alpha value is -1.36. The molecular formula is C15H23NO3S. The Labute approximate surface area is 125 Å². The Bertz CT molecular complexity index is 412. The van der Waals surface area contributed by atoms with Crippen LogP contribution in [0.2, 0.25) is 0 Å². The van der Waals surface area contributed by atoms with Crippen molar-refractivity contribution in [3.8, 4) is 5.75 Å². The van der Waals surface area contributed by atoms with Crippen molar-refractivity contribution < 1.29 is 14.3 Å². The molecule has 0 radical (unpaired) electrons. The molecule has 20 heavy (non-hydrogen) atoms. The van der Waals surface area contributed by atoms with Crippen molar-refractivity contribution in [3.63, 3.8) is 0 Å². The van der Waals surface area contributed by atoms with Crippen molar-refractivity contribution in [2.75, 3.05) is 31.0 Å². The van der Waals surface area contributed by atoms with Gasteiger partial charge in [0.25, 0.3) is 0 Å². The van der Waals surface area contributed by atoms with Crippen molar-refractivity contribution in [2.45, 2.75) is 25.8 Å². The molecule has 0 heterocycles. The molecule has 0 aromatic heterocycles. The van der Waals surface area contributed by atoms with Crippen LogP contribution in [-0.4, -0.2) is 37.7 Å². The lowest BCUT2D eigenvalue weighted by Gasteiger charge is -2.18. The maximum absolute atomic E-state index is 12.0. The number of anilines is 1. The summed E-state index contributed by atoms with van der Waals surface area (Å²) in [4.78, 5) is 12.0. The zero-order chi connectivity index (χ0) is 14.8. The van der Waals surface area contributed by atoms with Crippen LogP contribution in [0.3, 0.4) is 0 Å². The summed E-state index contributed by atoms with van der Waals surface area (Å²) in [5.41, 5.74) is 0.867. The number of thioether (sulfide) groups is 1. The van der Waals surface area contributed by atoms with Crippen molar-refractivity contribution in [1.82, 2.24) is 0 Å². The molecule has 1 atom stereocenters. The summed E-state index contributed by atoms with van der Waals surface area (Å²) in [5, 5.41) is 3.23. The molecule has 1 aromatic carbocycles. The maximum Gasteiger partial charge on any atom is 0.328 e. The Morgan fingerprint density at radius 3 is 2.90 bits per heavy atom. The standard InChI is InChI=1S/C15H23NO3S/c1-4-19-15(17)14(9-6-10-20-3)16-12-7-5-8-13(11-12)18-2/h5,7-8,11,14,16H,4,6,9-10H2,1-3H3. The largest absolute Gasteiger partial charge is 0.497 e. The number of methoxy groups -OCH3 is 1. The summed E-state index contributed by atoms with van der Waals surface area (Å²) >= 11 is 1.78. The molecule has 0 bridgehead atoms. The van der Waals surface area contributed by atoms with E-state index in [0.717, 1.165) is 30.0 Å². The van der Waals surface area contributed by atoms with Crippen molar-refractivity contribution in [2.24, 2.45) is 0 Å². The van der Waals surface area contributed by atoms with Crippen LogP contribution in [0.5, 0.6) is 5.75 Å². The van der Waals surface area contributed by atoms with E-state index in [4.69, 9.17) is 9.47 Å². The summed E-state index contributed by atoms with van der Waals surface area (Å²) in [6.45, 7) is 2.22. The van der Waals surface area contributed by atoms with E-state index < -0.39 is 0 Å². The SMILES string of the molecule is CCOC(=O)C(CCCSC)Nc1cccc(OC)c1. The Kier molecular flexibility index (Phi) is 7.95. The lowest BCUT2D eigenvalue weighted by Crippen LogP contribution is -2.31. The van der Waals surface area contributed by atoms with E-state index >= 15 is 0 Å². The van der Waals surface area contributed by atoms with E-state index in [0.29, 0.717) is 6.61 Å². The van der Waals surface area contributed by atoms with Crippen LogP contribution in [0.4, 0.5) is 5.69 Å². The molecular weight excluding hydrogens is 274 g/mol. The van der Waals surface area contributed by atoms with E-state index in [-0.39, 0.29) is 12.0 Å². The smallest absolute Gasteiger partial charge is 0.328 e. The predicted molar refractivity (Wildman–Crippen MR) is 84.7 cm³/mol. The minimum Gasteiger partial charge on any atom is -0.497 e. The molecule has 1 N–H and O–H groups in total. The second-order valence-corrected chi connectivity index (χ2v) is 5.30. The number of hydrogen-bond acceptors (Lipinski definition) is 5. The van der Waals surface area contributed by atoms with E-state index in [9.17, 15) is 4.79 Å². The fraction of sp³-hybridized carbons (Fsp3) is 0.533. The van der Waals surface area contributed by atoms with Gasteiger partial charge in [-0.1, -0.05) is 6.07 Å². The number of benzene rings is 1. The summed E-state index contributed by atoms with van der Waals surface area (Å²) < 4.78 is 10.3. The van der Waals surface area contributed by atoms with Crippen LogP contribution in [0, 0.1) is 0 Å². The highest BCUT2D eigenvalue weighted by Gasteiger charge is 2.19. The first-order valence-electron chi connectivity index (χ1n) is 6.77. The quantitative estimate of drug-likeness (QED) is 0.560. The average molecular weight is 297 g/mol. The highest BCUT2D eigenvalue weighted by Crippen LogP contribution is 2.19. The summed E-state index contributed by atoms with van der Waals surface area (Å²) in [5.74, 6) is 1.61. The molecule has 0 spiro atoms.